The van der Waals surface area contributed by atoms with Crippen molar-refractivity contribution in [1.82, 2.24) is 0 Å². The molecular formula is C14H14O6S2Zn. The summed E-state index contributed by atoms with van der Waals surface area (Å²) in [5, 5.41) is 0. The molecule has 2 aromatic rings. The molecule has 23 heavy (non-hydrogen) atoms. The van der Waals surface area contributed by atoms with Gasteiger partial charge in [0.25, 0.3) is 0 Å². The first kappa shape index (κ1) is 21.9. The fraction of sp³-hybridized carbons (Fsp3) is 0.143. The van der Waals surface area contributed by atoms with Crippen LogP contribution in [0.4, 0.5) is 0 Å². The quantitative estimate of drug-likeness (QED) is 0.553. The van der Waals surface area contributed by atoms with Crippen molar-refractivity contribution in [2.45, 2.75) is 23.6 Å². The molecule has 0 aliphatic carbocycles. The van der Waals surface area contributed by atoms with Crippen molar-refractivity contribution in [3.63, 3.8) is 0 Å². The molecule has 0 saturated carbocycles. The van der Waals surface area contributed by atoms with Crippen LogP contribution in [-0.2, 0) is 39.7 Å². The van der Waals surface area contributed by atoms with Gasteiger partial charge in [-0.15, -0.1) is 0 Å². The third-order valence-electron chi connectivity index (χ3n) is 2.62. The summed E-state index contributed by atoms with van der Waals surface area (Å²) in [4.78, 5) is -0.355. The average molecular weight is 408 g/mol. The van der Waals surface area contributed by atoms with Crippen molar-refractivity contribution in [3.8, 4) is 0 Å². The molecule has 120 valence electrons. The van der Waals surface area contributed by atoms with E-state index in [1.807, 2.05) is 13.8 Å². The maximum atomic E-state index is 10.4. The van der Waals surface area contributed by atoms with Gasteiger partial charge in [-0.25, -0.2) is 16.8 Å². The molecule has 0 saturated heterocycles. The van der Waals surface area contributed by atoms with Crippen LogP contribution in [0.2, 0.25) is 0 Å². The Hall–Kier alpha value is -1.12. The normalized spacial score (nSPS) is 11.0. The van der Waals surface area contributed by atoms with Crippen molar-refractivity contribution >= 4 is 20.2 Å². The maximum absolute atomic E-state index is 10.4. The van der Waals surface area contributed by atoms with Crippen molar-refractivity contribution in [2.24, 2.45) is 0 Å². The molecular weight excluding hydrogens is 394 g/mol. The predicted molar refractivity (Wildman–Crippen MR) is 78.3 cm³/mol. The van der Waals surface area contributed by atoms with Gasteiger partial charge < -0.3 is 9.11 Å². The third kappa shape index (κ3) is 7.81. The Morgan fingerprint density at radius 3 is 1.00 bits per heavy atom. The second-order valence-corrected chi connectivity index (χ2v) is 7.29. The minimum absolute atomic E-state index is 0. The summed E-state index contributed by atoms with van der Waals surface area (Å²) in [5.74, 6) is 0. The van der Waals surface area contributed by atoms with Crippen molar-refractivity contribution in [3.05, 3.63) is 59.7 Å². The summed E-state index contributed by atoms with van der Waals surface area (Å²) in [5.41, 5.74) is 1.86. The van der Waals surface area contributed by atoms with E-state index in [9.17, 15) is 25.9 Å². The topological polar surface area (TPSA) is 114 Å². The van der Waals surface area contributed by atoms with Gasteiger partial charge in [-0.1, -0.05) is 35.4 Å². The van der Waals surface area contributed by atoms with Crippen LogP contribution < -0.4 is 0 Å². The summed E-state index contributed by atoms with van der Waals surface area (Å²) in [6.45, 7) is 3.64. The van der Waals surface area contributed by atoms with Crippen LogP contribution in [0.25, 0.3) is 0 Å². The molecule has 0 aromatic heterocycles. The molecule has 0 heterocycles. The van der Waals surface area contributed by atoms with E-state index in [4.69, 9.17) is 0 Å². The zero-order valence-corrected chi connectivity index (χ0v) is 17.2. The van der Waals surface area contributed by atoms with Gasteiger partial charge in [0.05, 0.1) is 9.79 Å². The minimum atomic E-state index is -4.27. The van der Waals surface area contributed by atoms with Crippen LogP contribution in [0, 0.1) is 13.8 Å². The molecule has 0 spiro atoms. The van der Waals surface area contributed by atoms with E-state index >= 15 is 0 Å². The first-order valence-corrected chi connectivity index (χ1v) is 8.87. The van der Waals surface area contributed by atoms with Crippen LogP contribution >= 0.6 is 0 Å². The molecule has 0 amide bonds. The van der Waals surface area contributed by atoms with Gasteiger partial charge in [0, 0.05) is 0 Å². The number of aryl methyl sites for hydroxylation is 2. The van der Waals surface area contributed by atoms with E-state index < -0.39 is 20.2 Å². The molecule has 0 fully saturated rings. The van der Waals surface area contributed by atoms with E-state index in [1.165, 1.54) is 24.3 Å². The number of hydrogen-bond donors (Lipinski definition) is 0. The van der Waals surface area contributed by atoms with Crippen LogP contribution in [0.1, 0.15) is 11.1 Å². The Morgan fingerprint density at radius 1 is 0.609 bits per heavy atom. The Morgan fingerprint density at radius 2 is 0.826 bits per heavy atom. The van der Waals surface area contributed by atoms with Gasteiger partial charge in [-0.3, -0.25) is 0 Å². The Kier molecular flexibility index (Phi) is 8.24. The van der Waals surface area contributed by atoms with Gasteiger partial charge in [0.15, 0.2) is 0 Å². The monoisotopic (exact) mass is 406 g/mol. The fourth-order valence-corrected chi connectivity index (χ4v) is 2.35. The molecule has 9 heteroatoms. The molecule has 0 bridgehead atoms. The molecule has 0 unspecified atom stereocenters. The van der Waals surface area contributed by atoms with E-state index in [0.29, 0.717) is 0 Å². The molecule has 2 aromatic carbocycles. The molecule has 0 aliphatic heterocycles. The van der Waals surface area contributed by atoms with E-state index in [1.54, 1.807) is 24.3 Å². The van der Waals surface area contributed by atoms with E-state index in [-0.39, 0.29) is 29.3 Å². The summed E-state index contributed by atoms with van der Waals surface area (Å²) in [6.07, 6.45) is 0. The van der Waals surface area contributed by atoms with Gasteiger partial charge >= 0.3 is 19.5 Å². The van der Waals surface area contributed by atoms with Gasteiger partial charge in [0.2, 0.25) is 0 Å². The summed E-state index contributed by atoms with van der Waals surface area (Å²) >= 11 is 0. The van der Waals surface area contributed by atoms with Crippen LogP contribution in [-0.4, -0.2) is 25.9 Å². The van der Waals surface area contributed by atoms with Crippen LogP contribution in [0.3, 0.4) is 0 Å². The predicted octanol–water partition coefficient (Wildman–Crippen LogP) is 1.80. The largest absolute Gasteiger partial charge is 2.00 e. The van der Waals surface area contributed by atoms with Crippen molar-refractivity contribution in [2.75, 3.05) is 0 Å². The van der Waals surface area contributed by atoms with Crippen molar-refractivity contribution < 1.29 is 45.4 Å². The van der Waals surface area contributed by atoms with Gasteiger partial charge in [-0.2, -0.15) is 0 Å². The summed E-state index contributed by atoms with van der Waals surface area (Å²) in [7, 11) is -8.54. The molecule has 0 atom stereocenters. The van der Waals surface area contributed by atoms with Crippen LogP contribution in [0.5, 0.6) is 0 Å². The average Bonchev–Trinajstić information content (AvgIpc) is 2.38. The Bertz CT molecular complexity index is 752. The Labute approximate surface area is 148 Å². The first-order valence-electron chi connectivity index (χ1n) is 6.05. The second kappa shape index (κ2) is 8.66. The number of rotatable bonds is 2. The third-order valence-corrected chi connectivity index (χ3v) is 4.32. The number of hydrogen-bond acceptors (Lipinski definition) is 6. The van der Waals surface area contributed by atoms with Gasteiger partial charge in [0.1, 0.15) is 20.2 Å². The standard InChI is InChI=1S/2C7H8O3S.Zn/c2*1-6-2-4-7(5-3-6)11(8,9)10;/h2*2-5H,1H3,(H,8,9,10);/q;;+2/p-2. The molecule has 0 radical (unpaired) electrons. The summed E-state index contributed by atoms with van der Waals surface area (Å²) < 4.78 is 62.3. The molecule has 0 N–H and O–H groups in total. The number of benzene rings is 2. The zero-order valence-electron chi connectivity index (χ0n) is 12.6. The maximum Gasteiger partial charge on any atom is 2.00 e. The minimum Gasteiger partial charge on any atom is -0.744 e. The van der Waals surface area contributed by atoms with E-state index in [0.717, 1.165) is 11.1 Å². The second-order valence-electron chi connectivity index (χ2n) is 4.53. The van der Waals surface area contributed by atoms with Crippen LogP contribution in [0.15, 0.2) is 58.3 Å². The fourth-order valence-electron chi connectivity index (χ4n) is 1.41. The van der Waals surface area contributed by atoms with E-state index in [2.05, 4.69) is 0 Å². The summed E-state index contributed by atoms with van der Waals surface area (Å²) in [6, 6.07) is 11.6. The molecule has 6 nitrogen and oxygen atoms in total. The SMILES string of the molecule is Cc1ccc(S(=O)(=O)[O-])cc1.Cc1ccc(S(=O)(=O)[O-])cc1.[Zn+2]. The van der Waals surface area contributed by atoms with Crippen molar-refractivity contribution in [1.29, 1.82) is 0 Å². The Balaban J connectivity index is 0.000000403. The zero-order chi connectivity index (χ0) is 17.0. The molecule has 0 aliphatic rings. The molecule has 2 rings (SSSR count). The first-order chi connectivity index (χ1) is 10.00. The smallest absolute Gasteiger partial charge is 0.744 e. The van der Waals surface area contributed by atoms with Gasteiger partial charge in [-0.05, 0) is 38.1 Å².